The van der Waals surface area contributed by atoms with Crippen LogP contribution in [0, 0.1) is 0 Å². The van der Waals surface area contributed by atoms with Crippen LogP contribution < -0.4 is 15.0 Å². The van der Waals surface area contributed by atoms with Crippen molar-refractivity contribution in [2.75, 3.05) is 25.1 Å². The maximum absolute atomic E-state index is 5.24. The van der Waals surface area contributed by atoms with Crippen molar-refractivity contribution in [2.45, 2.75) is 44.2 Å². The summed E-state index contributed by atoms with van der Waals surface area (Å²) in [5.41, 5.74) is 1.24. The molecule has 1 atom stereocenters. The highest BCUT2D eigenvalue weighted by Gasteiger charge is 2.26. The van der Waals surface area contributed by atoms with Crippen LogP contribution in [0.2, 0.25) is 0 Å². The summed E-state index contributed by atoms with van der Waals surface area (Å²) in [5.74, 6) is 0.706. The predicted octanol–water partition coefficient (Wildman–Crippen LogP) is 2.20. The van der Waals surface area contributed by atoms with Crippen LogP contribution >= 0.6 is 0 Å². The summed E-state index contributed by atoms with van der Waals surface area (Å²) in [5, 5.41) is 3.67. The fraction of sp³-hybridized carbons (Fsp3) is 0.667. The van der Waals surface area contributed by atoms with Crippen LogP contribution in [0.4, 0.5) is 5.69 Å². The molecule has 2 heterocycles. The van der Waals surface area contributed by atoms with Gasteiger partial charge >= 0.3 is 0 Å². The van der Waals surface area contributed by atoms with E-state index in [0.29, 0.717) is 11.9 Å². The van der Waals surface area contributed by atoms with Crippen molar-refractivity contribution in [3.8, 4) is 5.88 Å². The summed E-state index contributed by atoms with van der Waals surface area (Å²) < 4.78 is 5.24. The fourth-order valence-electron chi connectivity index (χ4n) is 2.83. The van der Waals surface area contributed by atoms with Gasteiger partial charge in [0.15, 0.2) is 0 Å². The molecule has 1 aromatic heterocycles. The first-order valence-corrected chi connectivity index (χ1v) is 7.37. The number of rotatable bonds is 5. The number of nitrogens with zero attached hydrogens (tertiary/aromatic N) is 2. The third-order valence-electron chi connectivity index (χ3n) is 4.11. The van der Waals surface area contributed by atoms with Gasteiger partial charge < -0.3 is 15.0 Å². The van der Waals surface area contributed by atoms with Gasteiger partial charge in [0.1, 0.15) is 0 Å². The molecule has 2 aliphatic rings. The second kappa shape index (κ2) is 5.78. The molecule has 0 radical (unpaired) electrons. The van der Waals surface area contributed by atoms with Gasteiger partial charge in [0, 0.05) is 43.1 Å². The lowest BCUT2D eigenvalue weighted by atomic mass is 10.0. The highest BCUT2D eigenvalue weighted by atomic mass is 16.5. The van der Waals surface area contributed by atoms with Gasteiger partial charge in [-0.2, -0.15) is 0 Å². The van der Waals surface area contributed by atoms with Crippen molar-refractivity contribution in [3.05, 3.63) is 18.3 Å². The molecule has 19 heavy (non-hydrogen) atoms. The average molecular weight is 261 g/mol. The smallest absolute Gasteiger partial charge is 0.214 e. The van der Waals surface area contributed by atoms with E-state index < -0.39 is 0 Å². The molecule has 4 heteroatoms. The first-order valence-electron chi connectivity index (χ1n) is 7.37. The highest BCUT2D eigenvalue weighted by Crippen LogP contribution is 2.27. The molecule has 1 saturated carbocycles. The molecule has 104 valence electrons. The molecule has 0 spiro atoms. The van der Waals surface area contributed by atoms with E-state index in [1.54, 1.807) is 7.11 Å². The molecule has 1 aliphatic heterocycles. The van der Waals surface area contributed by atoms with E-state index in [1.165, 1.54) is 37.8 Å². The minimum atomic E-state index is 0.612. The second-order valence-corrected chi connectivity index (χ2v) is 5.58. The second-order valence-electron chi connectivity index (χ2n) is 5.58. The van der Waals surface area contributed by atoms with Crippen LogP contribution in [0.1, 0.15) is 32.1 Å². The van der Waals surface area contributed by atoms with E-state index >= 15 is 0 Å². The third-order valence-corrected chi connectivity index (χ3v) is 4.11. The number of aromatic nitrogens is 1. The lowest BCUT2D eigenvalue weighted by Gasteiger charge is -2.37. The molecule has 1 N–H and O–H groups in total. The number of ether oxygens (including phenoxy) is 1. The van der Waals surface area contributed by atoms with Gasteiger partial charge in [0.25, 0.3) is 0 Å². The molecule has 1 aromatic rings. The normalized spacial score (nSPS) is 23.4. The van der Waals surface area contributed by atoms with Crippen LogP contribution in [0.25, 0.3) is 0 Å². The Bertz CT molecular complexity index is 420. The maximum atomic E-state index is 5.24. The number of methoxy groups -OCH3 is 1. The van der Waals surface area contributed by atoms with E-state index in [1.807, 2.05) is 6.20 Å². The Labute approximate surface area is 115 Å². The molecule has 1 unspecified atom stereocenters. The van der Waals surface area contributed by atoms with Gasteiger partial charge in [0.05, 0.1) is 7.11 Å². The van der Waals surface area contributed by atoms with Gasteiger partial charge in [-0.3, -0.25) is 0 Å². The summed E-state index contributed by atoms with van der Waals surface area (Å²) >= 11 is 0. The topological polar surface area (TPSA) is 37.4 Å². The number of piperidine rings is 1. The van der Waals surface area contributed by atoms with E-state index in [-0.39, 0.29) is 0 Å². The zero-order valence-electron chi connectivity index (χ0n) is 11.6. The first kappa shape index (κ1) is 12.7. The van der Waals surface area contributed by atoms with Crippen molar-refractivity contribution < 1.29 is 4.74 Å². The Balaban J connectivity index is 1.70. The van der Waals surface area contributed by atoms with Crippen LogP contribution in [0.3, 0.4) is 0 Å². The molecular weight excluding hydrogens is 238 g/mol. The number of anilines is 1. The van der Waals surface area contributed by atoms with Gasteiger partial charge in [0.2, 0.25) is 5.88 Å². The molecule has 3 rings (SSSR count). The highest BCUT2D eigenvalue weighted by molar-refractivity contribution is 5.49. The number of pyridine rings is 1. The number of hydrogen-bond donors (Lipinski definition) is 1. The van der Waals surface area contributed by atoms with Gasteiger partial charge in [-0.25, -0.2) is 4.98 Å². The predicted molar refractivity (Wildman–Crippen MR) is 76.8 cm³/mol. The number of nitrogens with one attached hydrogen (secondary N) is 1. The van der Waals surface area contributed by atoms with Crippen LogP contribution in [0.15, 0.2) is 18.3 Å². The zero-order valence-corrected chi connectivity index (χ0v) is 11.6. The van der Waals surface area contributed by atoms with Gasteiger partial charge in [-0.05, 0) is 38.2 Å². The summed E-state index contributed by atoms with van der Waals surface area (Å²) in [6.07, 6.45) is 8.46. The Kier molecular flexibility index (Phi) is 3.87. The minimum absolute atomic E-state index is 0.612. The molecule has 0 amide bonds. The summed E-state index contributed by atoms with van der Waals surface area (Å²) in [7, 11) is 1.68. The molecule has 4 nitrogen and oxygen atoms in total. The Hall–Kier alpha value is -1.29. The van der Waals surface area contributed by atoms with Crippen molar-refractivity contribution in [2.24, 2.45) is 0 Å². The minimum Gasteiger partial charge on any atom is -0.481 e. The lowest BCUT2D eigenvalue weighted by molar-refractivity contribution is 0.396. The van der Waals surface area contributed by atoms with Crippen molar-refractivity contribution in [1.29, 1.82) is 0 Å². The third kappa shape index (κ3) is 3.18. The quantitative estimate of drug-likeness (QED) is 0.881. The molecule has 2 fully saturated rings. The van der Waals surface area contributed by atoms with Crippen LogP contribution in [-0.4, -0.2) is 37.3 Å². The summed E-state index contributed by atoms with van der Waals surface area (Å²) in [6, 6.07) is 5.55. The SMILES string of the molecule is COc1cc(N2CCCCC2CNC2CC2)ccn1. The summed E-state index contributed by atoms with van der Waals surface area (Å²) in [6.45, 7) is 2.25. The van der Waals surface area contributed by atoms with Crippen LogP contribution in [0.5, 0.6) is 5.88 Å². The fourth-order valence-corrected chi connectivity index (χ4v) is 2.83. The molecule has 0 bridgehead atoms. The Morgan fingerprint density at radius 1 is 1.37 bits per heavy atom. The van der Waals surface area contributed by atoms with Crippen molar-refractivity contribution in [1.82, 2.24) is 10.3 Å². The molecule has 0 aromatic carbocycles. The largest absolute Gasteiger partial charge is 0.481 e. The average Bonchev–Trinajstić information content (AvgIpc) is 3.30. The number of hydrogen-bond acceptors (Lipinski definition) is 4. The lowest BCUT2D eigenvalue weighted by Crippen LogP contribution is -2.46. The van der Waals surface area contributed by atoms with E-state index in [2.05, 4.69) is 27.3 Å². The maximum Gasteiger partial charge on any atom is 0.214 e. The van der Waals surface area contributed by atoms with Crippen molar-refractivity contribution >= 4 is 5.69 Å². The van der Waals surface area contributed by atoms with E-state index in [4.69, 9.17) is 4.74 Å². The van der Waals surface area contributed by atoms with Gasteiger partial charge in [-0.15, -0.1) is 0 Å². The van der Waals surface area contributed by atoms with Crippen molar-refractivity contribution in [3.63, 3.8) is 0 Å². The monoisotopic (exact) mass is 261 g/mol. The first-order chi connectivity index (χ1) is 9.36. The molecule has 1 saturated heterocycles. The summed E-state index contributed by atoms with van der Waals surface area (Å²) in [4.78, 5) is 6.71. The Morgan fingerprint density at radius 3 is 3.05 bits per heavy atom. The van der Waals surface area contributed by atoms with E-state index in [9.17, 15) is 0 Å². The van der Waals surface area contributed by atoms with Crippen LogP contribution in [-0.2, 0) is 0 Å². The standard InChI is InChI=1S/C15H23N3O/c1-19-15-10-13(7-8-16-15)18-9-3-2-4-14(18)11-17-12-5-6-12/h7-8,10,12,14,17H,2-6,9,11H2,1H3. The van der Waals surface area contributed by atoms with E-state index in [0.717, 1.165) is 19.1 Å². The molecule has 1 aliphatic carbocycles. The van der Waals surface area contributed by atoms with Gasteiger partial charge in [-0.1, -0.05) is 0 Å². The zero-order chi connectivity index (χ0) is 13.1. The molecular formula is C15H23N3O. The Morgan fingerprint density at radius 2 is 2.26 bits per heavy atom.